The van der Waals surface area contributed by atoms with E-state index in [0.29, 0.717) is 10.7 Å². The maximum absolute atomic E-state index is 12.1. The van der Waals surface area contributed by atoms with Crippen LogP contribution in [0.5, 0.6) is 0 Å². The maximum atomic E-state index is 12.1. The standard InChI is InChI=1S/C12H12INO3S/c1-9-7-10(13)4-5-12(9)18(15,16)14-8-11-3-2-6-17-11/h2-7,14H,8H2,1H3. The Morgan fingerprint density at radius 1 is 1.33 bits per heavy atom. The predicted molar refractivity (Wildman–Crippen MR) is 76.6 cm³/mol. The van der Waals surface area contributed by atoms with Crippen LogP contribution in [0, 0.1) is 10.5 Å². The number of halogens is 1. The molecule has 0 radical (unpaired) electrons. The van der Waals surface area contributed by atoms with E-state index >= 15 is 0 Å². The summed E-state index contributed by atoms with van der Waals surface area (Å²) in [6.45, 7) is 1.93. The summed E-state index contributed by atoms with van der Waals surface area (Å²) in [5.74, 6) is 0.585. The second-order valence-electron chi connectivity index (χ2n) is 3.81. The summed E-state index contributed by atoms with van der Waals surface area (Å²) in [5, 5.41) is 0. The van der Waals surface area contributed by atoms with Crippen molar-refractivity contribution >= 4 is 32.6 Å². The van der Waals surface area contributed by atoms with Crippen molar-refractivity contribution in [3.8, 4) is 0 Å². The molecule has 0 amide bonds. The molecule has 0 fully saturated rings. The molecule has 0 bridgehead atoms. The number of aryl methyl sites for hydroxylation is 1. The van der Waals surface area contributed by atoms with Gasteiger partial charge in [-0.15, -0.1) is 0 Å². The van der Waals surface area contributed by atoms with Crippen LogP contribution in [0.25, 0.3) is 0 Å². The molecule has 0 spiro atoms. The van der Waals surface area contributed by atoms with Gasteiger partial charge >= 0.3 is 0 Å². The Hall–Kier alpha value is -0.860. The molecule has 1 aromatic carbocycles. The van der Waals surface area contributed by atoms with Gasteiger partial charge in [0.25, 0.3) is 0 Å². The second kappa shape index (κ2) is 5.41. The molecule has 1 aromatic heterocycles. The van der Waals surface area contributed by atoms with Crippen LogP contribution in [0.1, 0.15) is 11.3 Å². The SMILES string of the molecule is Cc1cc(I)ccc1S(=O)(=O)NCc1ccco1. The highest BCUT2D eigenvalue weighted by Crippen LogP contribution is 2.18. The van der Waals surface area contributed by atoms with Gasteiger partial charge in [-0.3, -0.25) is 0 Å². The molecule has 2 aromatic rings. The zero-order valence-electron chi connectivity index (χ0n) is 9.68. The van der Waals surface area contributed by atoms with Crippen LogP contribution in [0.4, 0.5) is 0 Å². The average molecular weight is 377 g/mol. The quantitative estimate of drug-likeness (QED) is 0.834. The van der Waals surface area contributed by atoms with Crippen molar-refractivity contribution < 1.29 is 12.8 Å². The lowest BCUT2D eigenvalue weighted by Gasteiger charge is -2.08. The van der Waals surface area contributed by atoms with Crippen LogP contribution < -0.4 is 4.72 Å². The maximum Gasteiger partial charge on any atom is 0.241 e. The fourth-order valence-corrected chi connectivity index (χ4v) is 3.44. The zero-order valence-corrected chi connectivity index (χ0v) is 12.7. The fraction of sp³-hybridized carbons (Fsp3) is 0.167. The van der Waals surface area contributed by atoms with Gasteiger partial charge in [-0.05, 0) is 65.4 Å². The van der Waals surface area contributed by atoms with E-state index in [9.17, 15) is 8.42 Å². The van der Waals surface area contributed by atoms with Crippen LogP contribution in [0.2, 0.25) is 0 Å². The Morgan fingerprint density at radius 3 is 2.72 bits per heavy atom. The number of furan rings is 1. The zero-order chi connectivity index (χ0) is 13.2. The first kappa shape index (κ1) is 13.6. The highest BCUT2D eigenvalue weighted by Gasteiger charge is 2.16. The summed E-state index contributed by atoms with van der Waals surface area (Å²) in [6.07, 6.45) is 1.51. The lowest BCUT2D eigenvalue weighted by atomic mass is 10.2. The highest BCUT2D eigenvalue weighted by atomic mass is 127. The summed E-state index contributed by atoms with van der Waals surface area (Å²) in [4.78, 5) is 0.300. The minimum atomic E-state index is -3.50. The van der Waals surface area contributed by atoms with Gasteiger partial charge in [0, 0.05) is 3.57 Å². The van der Waals surface area contributed by atoms with E-state index < -0.39 is 10.0 Å². The van der Waals surface area contributed by atoms with Crippen molar-refractivity contribution in [1.82, 2.24) is 4.72 Å². The summed E-state index contributed by atoms with van der Waals surface area (Å²) >= 11 is 2.15. The molecular formula is C12H12INO3S. The largest absolute Gasteiger partial charge is 0.468 e. The molecular weight excluding hydrogens is 365 g/mol. The first-order chi connectivity index (χ1) is 8.49. The molecule has 0 aliphatic rings. The van der Waals surface area contributed by atoms with Crippen LogP contribution in [0.15, 0.2) is 45.9 Å². The van der Waals surface area contributed by atoms with E-state index in [4.69, 9.17) is 4.42 Å². The molecule has 0 saturated carbocycles. The Morgan fingerprint density at radius 2 is 2.11 bits per heavy atom. The van der Waals surface area contributed by atoms with Gasteiger partial charge < -0.3 is 4.42 Å². The van der Waals surface area contributed by atoms with Crippen LogP contribution in [0.3, 0.4) is 0 Å². The second-order valence-corrected chi connectivity index (χ2v) is 6.79. The van der Waals surface area contributed by atoms with E-state index in [0.717, 1.165) is 9.13 Å². The Kier molecular flexibility index (Phi) is 4.08. The number of hydrogen-bond acceptors (Lipinski definition) is 3. The molecule has 1 N–H and O–H groups in total. The Bertz CT molecular complexity index is 635. The van der Waals surface area contributed by atoms with Crippen molar-refractivity contribution in [2.75, 3.05) is 0 Å². The minimum absolute atomic E-state index is 0.154. The third-order valence-electron chi connectivity index (χ3n) is 2.44. The van der Waals surface area contributed by atoms with Gasteiger partial charge in [0.15, 0.2) is 0 Å². The number of benzene rings is 1. The molecule has 0 atom stereocenters. The molecule has 18 heavy (non-hydrogen) atoms. The highest BCUT2D eigenvalue weighted by molar-refractivity contribution is 14.1. The topological polar surface area (TPSA) is 59.3 Å². The van der Waals surface area contributed by atoms with E-state index in [-0.39, 0.29) is 6.54 Å². The molecule has 1 heterocycles. The predicted octanol–water partition coefficient (Wildman–Crippen LogP) is 2.67. The van der Waals surface area contributed by atoms with Crippen LogP contribution in [-0.4, -0.2) is 8.42 Å². The monoisotopic (exact) mass is 377 g/mol. The van der Waals surface area contributed by atoms with Gasteiger partial charge in [-0.2, -0.15) is 0 Å². The average Bonchev–Trinajstić information content (AvgIpc) is 2.78. The normalized spacial score (nSPS) is 11.7. The molecule has 0 aliphatic heterocycles. The smallest absolute Gasteiger partial charge is 0.241 e. The first-order valence-electron chi connectivity index (χ1n) is 5.27. The minimum Gasteiger partial charge on any atom is -0.468 e. The lowest BCUT2D eigenvalue weighted by molar-refractivity contribution is 0.498. The van der Waals surface area contributed by atoms with Gasteiger partial charge in [-0.25, -0.2) is 13.1 Å². The summed E-state index contributed by atoms with van der Waals surface area (Å²) < 4.78 is 32.8. The molecule has 4 nitrogen and oxygen atoms in total. The van der Waals surface area contributed by atoms with Gasteiger partial charge in [0.1, 0.15) is 5.76 Å². The summed E-state index contributed by atoms with van der Waals surface area (Å²) in [5.41, 5.74) is 0.730. The summed E-state index contributed by atoms with van der Waals surface area (Å²) in [6, 6.07) is 8.67. The van der Waals surface area contributed by atoms with Crippen molar-refractivity contribution in [3.63, 3.8) is 0 Å². The van der Waals surface area contributed by atoms with Gasteiger partial charge in [0.2, 0.25) is 10.0 Å². The van der Waals surface area contributed by atoms with E-state index in [1.54, 1.807) is 31.2 Å². The van der Waals surface area contributed by atoms with Crippen LogP contribution in [-0.2, 0) is 16.6 Å². The molecule has 2 rings (SSSR count). The number of hydrogen-bond donors (Lipinski definition) is 1. The van der Waals surface area contributed by atoms with E-state index in [1.807, 2.05) is 6.07 Å². The summed E-state index contributed by atoms with van der Waals surface area (Å²) in [7, 11) is -3.50. The molecule has 6 heteroatoms. The van der Waals surface area contributed by atoms with Gasteiger partial charge in [0.05, 0.1) is 17.7 Å². The molecule has 96 valence electrons. The number of rotatable bonds is 4. The van der Waals surface area contributed by atoms with Crippen LogP contribution >= 0.6 is 22.6 Å². The third kappa shape index (κ3) is 3.12. The molecule has 0 aliphatic carbocycles. The molecule has 0 unspecified atom stereocenters. The Labute approximate surface area is 120 Å². The van der Waals surface area contributed by atoms with Crippen molar-refractivity contribution in [2.45, 2.75) is 18.4 Å². The van der Waals surface area contributed by atoms with Crippen molar-refractivity contribution in [1.29, 1.82) is 0 Å². The third-order valence-corrected chi connectivity index (χ3v) is 4.68. The first-order valence-corrected chi connectivity index (χ1v) is 7.83. The van der Waals surface area contributed by atoms with E-state index in [2.05, 4.69) is 27.3 Å². The van der Waals surface area contributed by atoms with Crippen molar-refractivity contribution in [3.05, 3.63) is 51.5 Å². The molecule has 0 saturated heterocycles. The Balaban J connectivity index is 2.20. The van der Waals surface area contributed by atoms with Gasteiger partial charge in [-0.1, -0.05) is 0 Å². The lowest BCUT2D eigenvalue weighted by Crippen LogP contribution is -2.23. The van der Waals surface area contributed by atoms with Crippen molar-refractivity contribution in [2.24, 2.45) is 0 Å². The number of nitrogens with one attached hydrogen (secondary N) is 1. The fourth-order valence-electron chi connectivity index (χ4n) is 1.57. The van der Waals surface area contributed by atoms with E-state index in [1.165, 1.54) is 6.26 Å². The number of sulfonamides is 1.